The highest BCUT2D eigenvalue weighted by atomic mass is 79.9. The van der Waals surface area contributed by atoms with Crippen LogP contribution in [-0.4, -0.2) is 23.7 Å². The highest BCUT2D eigenvalue weighted by Crippen LogP contribution is 2.46. The van der Waals surface area contributed by atoms with Crippen LogP contribution in [0.1, 0.15) is 22.4 Å². The number of halogens is 6. The van der Waals surface area contributed by atoms with Crippen molar-refractivity contribution in [1.82, 2.24) is 4.98 Å². The lowest BCUT2D eigenvalue weighted by atomic mass is 10.3. The third kappa shape index (κ3) is 2.79. The normalized spacial score (nSPS) is 12.6. The Morgan fingerprint density at radius 1 is 1.39 bits per heavy atom. The molecule has 0 aliphatic heterocycles. The van der Waals surface area contributed by atoms with Gasteiger partial charge in [0.15, 0.2) is 10.7 Å². The van der Waals surface area contributed by atoms with Crippen molar-refractivity contribution in [1.29, 1.82) is 0 Å². The summed E-state index contributed by atoms with van der Waals surface area (Å²) in [5.74, 6) is -6.17. The summed E-state index contributed by atoms with van der Waals surface area (Å²) in [6.45, 7) is 1.41. The smallest absolute Gasteiger partial charge is 0.460 e. The van der Waals surface area contributed by atoms with Crippen LogP contribution in [0.4, 0.5) is 22.0 Å². The van der Waals surface area contributed by atoms with Gasteiger partial charge in [-0.3, -0.25) is 0 Å². The van der Waals surface area contributed by atoms with Crippen LogP contribution in [0.25, 0.3) is 0 Å². The summed E-state index contributed by atoms with van der Waals surface area (Å²) in [7, 11) is 0. The largest absolute Gasteiger partial charge is 0.461 e. The molecule has 0 bridgehead atoms. The van der Waals surface area contributed by atoms with Crippen molar-refractivity contribution in [3.63, 3.8) is 0 Å². The maximum atomic E-state index is 13.0. The second-order valence-electron chi connectivity index (χ2n) is 2.93. The highest BCUT2D eigenvalue weighted by molar-refractivity contribution is 9.11. The van der Waals surface area contributed by atoms with Crippen molar-refractivity contribution < 1.29 is 31.5 Å². The molecule has 102 valence electrons. The molecule has 0 aromatic carbocycles. The van der Waals surface area contributed by atoms with Gasteiger partial charge in [0, 0.05) is 0 Å². The van der Waals surface area contributed by atoms with Crippen LogP contribution in [-0.2, 0) is 10.7 Å². The minimum absolute atomic E-state index is 0.0371. The molecular formula is C8H5BrF5NO2S. The van der Waals surface area contributed by atoms with Gasteiger partial charge >= 0.3 is 18.1 Å². The fourth-order valence-electron chi connectivity index (χ4n) is 0.882. The summed E-state index contributed by atoms with van der Waals surface area (Å²) in [4.78, 5) is 14.2. The number of carbonyl (C=O) groups is 1. The van der Waals surface area contributed by atoms with Crippen molar-refractivity contribution in [3.05, 3.63) is 14.5 Å². The van der Waals surface area contributed by atoms with Gasteiger partial charge in [0.1, 0.15) is 3.79 Å². The molecule has 3 nitrogen and oxygen atoms in total. The monoisotopic (exact) mass is 353 g/mol. The van der Waals surface area contributed by atoms with Crippen molar-refractivity contribution in [2.45, 2.75) is 19.0 Å². The van der Waals surface area contributed by atoms with E-state index in [-0.39, 0.29) is 21.7 Å². The molecule has 1 heterocycles. The van der Waals surface area contributed by atoms with Gasteiger partial charge in [-0.15, -0.1) is 11.3 Å². The number of rotatable bonds is 3. The van der Waals surface area contributed by atoms with E-state index < -0.39 is 28.8 Å². The Morgan fingerprint density at radius 3 is 2.39 bits per heavy atom. The van der Waals surface area contributed by atoms with Gasteiger partial charge in [0.25, 0.3) is 0 Å². The molecule has 1 rings (SSSR count). The quantitative estimate of drug-likeness (QED) is 0.613. The van der Waals surface area contributed by atoms with Gasteiger partial charge in [-0.1, -0.05) is 0 Å². The van der Waals surface area contributed by atoms with Crippen LogP contribution in [0.5, 0.6) is 0 Å². The van der Waals surface area contributed by atoms with E-state index in [0.29, 0.717) is 0 Å². The standard InChI is InChI=1S/C8H5BrF5NO2S/c1-2-17-5(16)3-4(9)18-6(15-3)7(10,11)8(12,13)14/h2H2,1H3. The Balaban J connectivity index is 3.16. The zero-order valence-electron chi connectivity index (χ0n) is 8.65. The third-order valence-electron chi connectivity index (χ3n) is 1.68. The van der Waals surface area contributed by atoms with E-state index in [4.69, 9.17) is 0 Å². The minimum atomic E-state index is -5.77. The lowest BCUT2D eigenvalue weighted by Gasteiger charge is -2.16. The lowest BCUT2D eigenvalue weighted by molar-refractivity contribution is -0.289. The summed E-state index contributed by atoms with van der Waals surface area (Å²) in [6.07, 6.45) is -5.77. The van der Waals surface area contributed by atoms with Gasteiger partial charge in [-0.05, 0) is 22.9 Å². The van der Waals surface area contributed by atoms with Crippen LogP contribution in [0.3, 0.4) is 0 Å². The van der Waals surface area contributed by atoms with E-state index in [9.17, 15) is 26.7 Å². The summed E-state index contributed by atoms with van der Waals surface area (Å²) in [5, 5.41) is -1.51. The molecule has 0 radical (unpaired) electrons. The van der Waals surface area contributed by atoms with Gasteiger partial charge in [-0.25, -0.2) is 9.78 Å². The number of hydrogen-bond donors (Lipinski definition) is 0. The van der Waals surface area contributed by atoms with E-state index in [2.05, 4.69) is 25.7 Å². The van der Waals surface area contributed by atoms with E-state index in [0.717, 1.165) is 0 Å². The number of thiazole rings is 1. The zero-order valence-corrected chi connectivity index (χ0v) is 11.0. The summed E-state index contributed by atoms with van der Waals surface area (Å²) < 4.78 is 66.4. The van der Waals surface area contributed by atoms with E-state index in [1.54, 1.807) is 0 Å². The van der Waals surface area contributed by atoms with Gasteiger partial charge in [0.2, 0.25) is 0 Å². The number of alkyl halides is 5. The van der Waals surface area contributed by atoms with Crippen LogP contribution >= 0.6 is 27.3 Å². The van der Waals surface area contributed by atoms with E-state index in [1.807, 2.05) is 0 Å². The number of ether oxygens (including phenoxy) is 1. The second kappa shape index (κ2) is 5.08. The highest BCUT2D eigenvalue weighted by Gasteiger charge is 2.61. The summed E-state index contributed by atoms with van der Waals surface area (Å²) in [6, 6.07) is 0. The van der Waals surface area contributed by atoms with Crippen molar-refractivity contribution >= 4 is 33.2 Å². The maximum Gasteiger partial charge on any atom is 0.460 e. The van der Waals surface area contributed by atoms with Crippen molar-refractivity contribution in [3.8, 4) is 0 Å². The molecule has 1 aromatic heterocycles. The average molecular weight is 354 g/mol. The third-order valence-corrected chi connectivity index (χ3v) is 3.45. The molecule has 0 atom stereocenters. The molecular weight excluding hydrogens is 349 g/mol. The molecule has 0 saturated carbocycles. The molecule has 0 aliphatic rings. The van der Waals surface area contributed by atoms with Gasteiger partial charge < -0.3 is 4.74 Å². The van der Waals surface area contributed by atoms with Crippen LogP contribution in [0.2, 0.25) is 0 Å². The molecule has 18 heavy (non-hydrogen) atoms. The molecule has 0 unspecified atom stereocenters. The molecule has 0 amide bonds. The second-order valence-corrected chi connectivity index (χ2v) is 5.25. The number of esters is 1. The number of carbonyl (C=O) groups excluding carboxylic acids is 1. The van der Waals surface area contributed by atoms with Crippen molar-refractivity contribution in [2.24, 2.45) is 0 Å². The van der Waals surface area contributed by atoms with Gasteiger partial charge in [0.05, 0.1) is 6.61 Å². The topological polar surface area (TPSA) is 39.2 Å². The van der Waals surface area contributed by atoms with Crippen LogP contribution < -0.4 is 0 Å². The Kier molecular flexibility index (Phi) is 4.31. The first kappa shape index (κ1) is 15.3. The molecule has 0 saturated heterocycles. The van der Waals surface area contributed by atoms with E-state index >= 15 is 0 Å². The summed E-state index contributed by atoms with van der Waals surface area (Å²) >= 11 is 2.74. The first-order valence-electron chi connectivity index (χ1n) is 4.39. The predicted octanol–water partition coefficient (Wildman–Crippen LogP) is 3.74. The van der Waals surface area contributed by atoms with E-state index in [1.165, 1.54) is 6.92 Å². The predicted molar refractivity (Wildman–Crippen MR) is 55.7 cm³/mol. The fraction of sp³-hybridized carbons (Fsp3) is 0.500. The average Bonchev–Trinajstić information content (AvgIpc) is 2.59. The van der Waals surface area contributed by atoms with Gasteiger partial charge in [-0.2, -0.15) is 22.0 Å². The zero-order chi connectivity index (χ0) is 14.1. The molecule has 0 fully saturated rings. The maximum absolute atomic E-state index is 13.0. The molecule has 1 aromatic rings. The Hall–Kier alpha value is -0.770. The van der Waals surface area contributed by atoms with Crippen LogP contribution in [0.15, 0.2) is 3.79 Å². The number of aromatic nitrogens is 1. The molecule has 0 spiro atoms. The SMILES string of the molecule is CCOC(=O)c1nc(C(F)(F)C(F)(F)F)sc1Br. The number of nitrogens with zero attached hydrogens (tertiary/aromatic N) is 1. The lowest BCUT2D eigenvalue weighted by Crippen LogP contribution is -2.33. The first-order chi connectivity index (χ1) is 8.11. The fourth-order valence-corrected chi connectivity index (χ4v) is 2.37. The Labute approximate surface area is 110 Å². The molecule has 10 heteroatoms. The first-order valence-corrected chi connectivity index (χ1v) is 6.00. The van der Waals surface area contributed by atoms with Crippen LogP contribution in [0, 0.1) is 0 Å². The Morgan fingerprint density at radius 2 is 1.94 bits per heavy atom. The Bertz CT molecular complexity index is 459. The minimum Gasteiger partial charge on any atom is -0.461 e. The summed E-state index contributed by atoms with van der Waals surface area (Å²) in [5.41, 5.74) is -0.597. The van der Waals surface area contributed by atoms with Crippen molar-refractivity contribution in [2.75, 3.05) is 6.61 Å². The molecule has 0 aliphatic carbocycles. The number of hydrogen-bond acceptors (Lipinski definition) is 4. The molecule has 0 N–H and O–H groups in total.